The first kappa shape index (κ1) is 17.0. The second kappa shape index (κ2) is 7.73. The van der Waals surface area contributed by atoms with Crippen molar-refractivity contribution in [2.75, 3.05) is 13.1 Å². The second-order valence-corrected chi connectivity index (χ2v) is 5.62. The number of likely N-dealkylation sites (N-methyl/N-ethyl adjacent to an activating group) is 1. The monoisotopic (exact) mass is 331 g/mol. The highest BCUT2D eigenvalue weighted by Crippen LogP contribution is 2.30. The van der Waals surface area contributed by atoms with Crippen molar-refractivity contribution in [3.05, 3.63) is 57.0 Å². The summed E-state index contributed by atoms with van der Waals surface area (Å²) in [6.07, 6.45) is 4.96. The van der Waals surface area contributed by atoms with Crippen LogP contribution < -0.4 is 0 Å². The molecule has 120 valence electrons. The number of aliphatic imine (C=N–C) groups is 1. The molecule has 1 aromatic rings. The largest absolute Gasteiger partial charge is 0.287 e. The third kappa shape index (κ3) is 3.87. The SMILES string of the molecule is CCN=C1S/C(=C\C=C\c2ccccc2[N+](=O)[O-])C(=O)N1CC. The van der Waals surface area contributed by atoms with Crippen molar-refractivity contribution in [3.8, 4) is 0 Å². The normalized spacial score (nSPS) is 18.5. The molecule has 0 bridgehead atoms. The number of amides is 1. The Kier molecular flexibility index (Phi) is 5.70. The van der Waals surface area contributed by atoms with E-state index in [2.05, 4.69) is 4.99 Å². The van der Waals surface area contributed by atoms with E-state index in [0.29, 0.717) is 28.7 Å². The third-order valence-electron chi connectivity index (χ3n) is 3.15. The number of nitro groups is 1. The van der Waals surface area contributed by atoms with Gasteiger partial charge in [0.2, 0.25) is 0 Å². The lowest BCUT2D eigenvalue weighted by Crippen LogP contribution is -2.28. The number of para-hydroxylation sites is 1. The molecule has 0 aliphatic carbocycles. The third-order valence-corrected chi connectivity index (χ3v) is 4.22. The summed E-state index contributed by atoms with van der Waals surface area (Å²) in [5, 5.41) is 11.7. The van der Waals surface area contributed by atoms with Crippen molar-refractivity contribution in [3.63, 3.8) is 0 Å². The molecule has 0 saturated carbocycles. The van der Waals surface area contributed by atoms with Crippen LogP contribution in [0.15, 0.2) is 46.3 Å². The Balaban J connectivity index is 2.22. The minimum atomic E-state index is -0.423. The zero-order valence-corrected chi connectivity index (χ0v) is 13.7. The Hall–Kier alpha value is -2.41. The first-order valence-corrected chi connectivity index (χ1v) is 8.06. The molecular weight excluding hydrogens is 314 g/mol. The Morgan fingerprint density at radius 2 is 2.09 bits per heavy atom. The van der Waals surface area contributed by atoms with Gasteiger partial charge >= 0.3 is 0 Å². The fourth-order valence-electron chi connectivity index (χ4n) is 2.09. The molecule has 1 amide bonds. The quantitative estimate of drug-likeness (QED) is 0.470. The van der Waals surface area contributed by atoms with E-state index in [4.69, 9.17) is 0 Å². The maximum Gasteiger partial charge on any atom is 0.276 e. The molecule has 0 radical (unpaired) electrons. The van der Waals surface area contributed by atoms with E-state index in [0.717, 1.165) is 0 Å². The summed E-state index contributed by atoms with van der Waals surface area (Å²) in [6, 6.07) is 6.48. The summed E-state index contributed by atoms with van der Waals surface area (Å²) in [4.78, 5) is 29.3. The van der Waals surface area contributed by atoms with Gasteiger partial charge in [-0.15, -0.1) is 0 Å². The lowest BCUT2D eigenvalue weighted by molar-refractivity contribution is -0.385. The maximum atomic E-state index is 12.3. The molecule has 1 aliphatic heterocycles. The van der Waals surface area contributed by atoms with E-state index >= 15 is 0 Å². The minimum absolute atomic E-state index is 0.0379. The number of amidine groups is 1. The van der Waals surface area contributed by atoms with Gasteiger partial charge in [-0.05, 0) is 43.8 Å². The Bertz CT molecular complexity index is 710. The van der Waals surface area contributed by atoms with Crippen LogP contribution in [0.3, 0.4) is 0 Å². The fourth-order valence-corrected chi connectivity index (χ4v) is 3.14. The molecule has 6 nitrogen and oxygen atoms in total. The minimum Gasteiger partial charge on any atom is -0.287 e. The van der Waals surface area contributed by atoms with Gasteiger partial charge in [-0.2, -0.15) is 0 Å². The van der Waals surface area contributed by atoms with E-state index in [9.17, 15) is 14.9 Å². The van der Waals surface area contributed by atoms with Crippen LogP contribution in [-0.2, 0) is 4.79 Å². The average molecular weight is 331 g/mol. The van der Waals surface area contributed by atoms with Gasteiger partial charge < -0.3 is 0 Å². The van der Waals surface area contributed by atoms with E-state index < -0.39 is 4.92 Å². The fraction of sp³-hybridized carbons (Fsp3) is 0.250. The van der Waals surface area contributed by atoms with Crippen molar-refractivity contribution in [1.29, 1.82) is 0 Å². The molecule has 0 aromatic heterocycles. The standard InChI is InChI=1S/C16H17N3O3S/c1-3-17-16-18(4-2)15(20)14(23-16)11-7-9-12-8-5-6-10-13(12)19(21)22/h5-11H,3-4H2,1-2H3/b9-7+,14-11-,17-16?. The molecule has 0 N–H and O–H groups in total. The van der Waals surface area contributed by atoms with Gasteiger partial charge in [0, 0.05) is 19.2 Å². The molecule has 0 spiro atoms. The zero-order chi connectivity index (χ0) is 16.8. The molecular formula is C16H17N3O3S. The Labute approximate surface area is 138 Å². The smallest absolute Gasteiger partial charge is 0.276 e. The molecule has 2 rings (SSSR count). The van der Waals surface area contributed by atoms with Crippen LogP contribution in [-0.4, -0.2) is 34.0 Å². The number of hydrogen-bond acceptors (Lipinski definition) is 5. The molecule has 1 fully saturated rings. The molecule has 0 unspecified atom stereocenters. The second-order valence-electron chi connectivity index (χ2n) is 4.61. The number of hydrogen-bond donors (Lipinski definition) is 0. The molecule has 23 heavy (non-hydrogen) atoms. The summed E-state index contributed by atoms with van der Waals surface area (Å²) in [5.41, 5.74) is 0.538. The number of benzene rings is 1. The van der Waals surface area contributed by atoms with Gasteiger partial charge in [0.05, 0.1) is 15.4 Å². The number of thioether (sulfide) groups is 1. The Morgan fingerprint density at radius 1 is 1.35 bits per heavy atom. The molecule has 7 heteroatoms. The number of carbonyl (C=O) groups is 1. The highest BCUT2D eigenvalue weighted by molar-refractivity contribution is 8.18. The van der Waals surface area contributed by atoms with Crippen LogP contribution in [0.1, 0.15) is 19.4 Å². The Morgan fingerprint density at radius 3 is 2.74 bits per heavy atom. The van der Waals surface area contributed by atoms with Crippen LogP contribution in [0, 0.1) is 10.1 Å². The summed E-state index contributed by atoms with van der Waals surface area (Å²) < 4.78 is 0. The van der Waals surface area contributed by atoms with Crippen LogP contribution >= 0.6 is 11.8 Å². The van der Waals surface area contributed by atoms with E-state index in [-0.39, 0.29) is 11.6 Å². The molecule has 1 aliphatic rings. The maximum absolute atomic E-state index is 12.3. The summed E-state index contributed by atoms with van der Waals surface area (Å²) in [7, 11) is 0. The van der Waals surface area contributed by atoms with Gasteiger partial charge in [-0.25, -0.2) is 0 Å². The van der Waals surface area contributed by atoms with Crippen molar-refractivity contribution in [2.45, 2.75) is 13.8 Å². The van der Waals surface area contributed by atoms with Gasteiger partial charge in [0.1, 0.15) is 0 Å². The van der Waals surface area contributed by atoms with E-state index in [1.807, 2.05) is 13.8 Å². The topological polar surface area (TPSA) is 75.8 Å². The molecule has 0 atom stereocenters. The first-order valence-electron chi connectivity index (χ1n) is 7.24. The predicted octanol–water partition coefficient (Wildman–Crippen LogP) is 3.46. The lowest BCUT2D eigenvalue weighted by Gasteiger charge is -2.11. The van der Waals surface area contributed by atoms with Crippen LogP contribution in [0.4, 0.5) is 5.69 Å². The van der Waals surface area contributed by atoms with Crippen LogP contribution in [0.2, 0.25) is 0 Å². The van der Waals surface area contributed by atoms with Crippen molar-refractivity contribution in [1.82, 2.24) is 4.90 Å². The molecule has 1 saturated heterocycles. The highest BCUT2D eigenvalue weighted by atomic mass is 32.2. The van der Waals surface area contributed by atoms with Gasteiger partial charge in [-0.1, -0.05) is 18.2 Å². The summed E-state index contributed by atoms with van der Waals surface area (Å²) in [5.74, 6) is -0.0862. The average Bonchev–Trinajstić information content (AvgIpc) is 2.83. The molecule has 1 aromatic carbocycles. The van der Waals surface area contributed by atoms with Gasteiger partial charge in [0.15, 0.2) is 5.17 Å². The van der Waals surface area contributed by atoms with Crippen LogP contribution in [0.25, 0.3) is 6.08 Å². The summed E-state index contributed by atoms with van der Waals surface area (Å²) in [6.45, 7) is 5.00. The number of nitro benzene ring substituents is 1. The number of allylic oxidation sites excluding steroid dienone is 2. The predicted molar refractivity (Wildman–Crippen MR) is 93.2 cm³/mol. The van der Waals surface area contributed by atoms with Crippen molar-refractivity contribution in [2.24, 2.45) is 4.99 Å². The van der Waals surface area contributed by atoms with Crippen molar-refractivity contribution < 1.29 is 9.72 Å². The van der Waals surface area contributed by atoms with Gasteiger partial charge in [-0.3, -0.25) is 24.8 Å². The van der Waals surface area contributed by atoms with Gasteiger partial charge in [0.25, 0.3) is 11.6 Å². The molecule has 1 heterocycles. The lowest BCUT2D eigenvalue weighted by atomic mass is 10.1. The van der Waals surface area contributed by atoms with E-state index in [1.54, 1.807) is 41.3 Å². The zero-order valence-electron chi connectivity index (χ0n) is 12.9. The van der Waals surface area contributed by atoms with Crippen molar-refractivity contribution >= 4 is 34.6 Å². The van der Waals surface area contributed by atoms with E-state index in [1.165, 1.54) is 17.8 Å². The number of rotatable bonds is 5. The first-order chi connectivity index (χ1) is 11.1. The summed E-state index contributed by atoms with van der Waals surface area (Å²) >= 11 is 1.32. The number of carbonyl (C=O) groups excluding carboxylic acids is 1. The number of nitrogens with zero attached hydrogens (tertiary/aromatic N) is 3. The highest BCUT2D eigenvalue weighted by Gasteiger charge is 2.31. The van der Waals surface area contributed by atoms with Crippen LogP contribution in [0.5, 0.6) is 0 Å².